The Labute approximate surface area is 196 Å². The second kappa shape index (κ2) is 12.1. The Balaban J connectivity index is 1.40. The predicted molar refractivity (Wildman–Crippen MR) is 126 cm³/mol. The zero-order chi connectivity index (χ0) is 23.7. The van der Waals surface area contributed by atoms with Gasteiger partial charge in [0.15, 0.2) is 11.9 Å². The average molecular weight is 457 g/mol. The normalized spacial score (nSPS) is 18.1. The van der Waals surface area contributed by atoms with Crippen LogP contribution in [-0.2, 0) is 14.3 Å². The number of aromatic nitrogens is 2. The topological polar surface area (TPSA) is 79.8 Å². The number of unbranched alkanes of at least 4 members (excludes halogenated alkanes) is 3. The van der Waals surface area contributed by atoms with E-state index in [-0.39, 0.29) is 6.61 Å². The smallest absolute Gasteiger partial charge is 0.343 e. The van der Waals surface area contributed by atoms with E-state index in [0.29, 0.717) is 18.4 Å². The van der Waals surface area contributed by atoms with E-state index < -0.39 is 17.9 Å². The van der Waals surface area contributed by atoms with Crippen LogP contribution in [0.4, 0.5) is 0 Å². The highest BCUT2D eigenvalue weighted by molar-refractivity contribution is 5.78. The van der Waals surface area contributed by atoms with Crippen LogP contribution in [0.1, 0.15) is 66.2 Å². The average Bonchev–Trinajstić information content (AvgIpc) is 3.19. The Hall–Kier alpha value is -2.51. The molecule has 2 heterocycles. The second-order valence-corrected chi connectivity index (χ2v) is 9.08. The fourth-order valence-corrected chi connectivity index (χ4v) is 3.56. The first-order valence-corrected chi connectivity index (χ1v) is 11.9. The van der Waals surface area contributed by atoms with Gasteiger partial charge in [0.2, 0.25) is 0 Å². The van der Waals surface area contributed by atoms with Crippen LogP contribution in [0, 0.1) is 5.92 Å². The molecular weight excluding hydrogens is 420 g/mol. The predicted octanol–water partition coefficient (Wildman–Crippen LogP) is 5.58. The van der Waals surface area contributed by atoms with E-state index in [1.54, 1.807) is 38.4 Å². The van der Waals surface area contributed by atoms with Gasteiger partial charge < -0.3 is 18.9 Å². The number of carbonyl (C=O) groups excluding carboxylic acids is 1. The Morgan fingerprint density at radius 2 is 1.79 bits per heavy atom. The summed E-state index contributed by atoms with van der Waals surface area (Å²) in [6.45, 7) is 8.92. The first-order chi connectivity index (χ1) is 15.9. The number of esters is 1. The maximum absolute atomic E-state index is 12.2. The molecule has 0 radical (unpaired) electrons. The highest BCUT2D eigenvalue weighted by Gasteiger charge is 2.38. The van der Waals surface area contributed by atoms with Crippen molar-refractivity contribution in [3.05, 3.63) is 36.7 Å². The summed E-state index contributed by atoms with van der Waals surface area (Å²) >= 11 is 0. The Bertz CT molecular complexity index is 867. The Morgan fingerprint density at radius 1 is 1.09 bits per heavy atom. The molecule has 2 unspecified atom stereocenters. The molecule has 1 saturated heterocycles. The van der Waals surface area contributed by atoms with Crippen LogP contribution in [0.5, 0.6) is 11.8 Å². The van der Waals surface area contributed by atoms with Crippen LogP contribution in [0.25, 0.3) is 11.1 Å². The van der Waals surface area contributed by atoms with Crippen LogP contribution < -0.4 is 9.47 Å². The molecule has 1 aromatic carbocycles. The first-order valence-electron chi connectivity index (χ1n) is 11.9. The molecule has 7 heteroatoms. The molecule has 1 aromatic heterocycles. The quantitative estimate of drug-likeness (QED) is 0.234. The molecular formula is C26H36N2O5. The van der Waals surface area contributed by atoms with Crippen molar-refractivity contribution < 1.29 is 23.7 Å². The summed E-state index contributed by atoms with van der Waals surface area (Å²) < 4.78 is 22.0. The lowest BCUT2D eigenvalue weighted by Gasteiger charge is -2.16. The fraction of sp³-hybridized carbons (Fsp3) is 0.577. The van der Waals surface area contributed by atoms with E-state index in [1.165, 1.54) is 32.1 Å². The summed E-state index contributed by atoms with van der Waals surface area (Å²) in [5, 5.41) is 0. The fourth-order valence-electron chi connectivity index (χ4n) is 3.56. The third-order valence-corrected chi connectivity index (χ3v) is 5.82. The van der Waals surface area contributed by atoms with Gasteiger partial charge in [0.05, 0.1) is 13.2 Å². The van der Waals surface area contributed by atoms with Crippen molar-refractivity contribution in [1.29, 1.82) is 0 Å². The van der Waals surface area contributed by atoms with Crippen LogP contribution >= 0.6 is 0 Å². The van der Waals surface area contributed by atoms with Gasteiger partial charge in [-0.15, -0.1) is 0 Å². The van der Waals surface area contributed by atoms with Gasteiger partial charge in [-0.05, 0) is 43.9 Å². The maximum Gasteiger partial charge on any atom is 0.343 e. The van der Waals surface area contributed by atoms with E-state index in [4.69, 9.17) is 18.9 Å². The van der Waals surface area contributed by atoms with Crippen LogP contribution in [0.3, 0.4) is 0 Å². The SMILES string of the molecule is CCC(C)CCCCCCOc1ncc(-c2ccc(OC(=O)C3COC(C)(C)O3)cc2)cn1. The minimum atomic E-state index is -0.767. The van der Waals surface area contributed by atoms with Crippen molar-refractivity contribution in [3.8, 4) is 22.9 Å². The third-order valence-electron chi connectivity index (χ3n) is 5.82. The first kappa shape index (κ1) is 25.1. The summed E-state index contributed by atoms with van der Waals surface area (Å²) in [7, 11) is 0. The van der Waals surface area contributed by atoms with Gasteiger partial charge in [-0.2, -0.15) is 0 Å². The lowest BCUT2D eigenvalue weighted by molar-refractivity contribution is -0.162. The lowest BCUT2D eigenvalue weighted by atomic mass is 10.0. The molecule has 0 bridgehead atoms. The van der Waals surface area contributed by atoms with Crippen molar-refractivity contribution in [2.24, 2.45) is 5.92 Å². The van der Waals surface area contributed by atoms with Gasteiger partial charge in [-0.25, -0.2) is 14.8 Å². The zero-order valence-electron chi connectivity index (χ0n) is 20.2. The largest absolute Gasteiger partial charge is 0.463 e. The molecule has 0 amide bonds. The molecule has 1 aliphatic rings. The van der Waals surface area contributed by atoms with E-state index >= 15 is 0 Å². The molecule has 1 aliphatic heterocycles. The number of ether oxygens (including phenoxy) is 4. The van der Waals surface area contributed by atoms with Crippen molar-refractivity contribution in [2.45, 2.75) is 78.1 Å². The number of carbonyl (C=O) groups is 1. The summed E-state index contributed by atoms with van der Waals surface area (Å²) in [4.78, 5) is 20.9. The molecule has 0 N–H and O–H groups in total. The summed E-state index contributed by atoms with van der Waals surface area (Å²) in [5.74, 6) is 0.0423. The standard InChI is InChI=1S/C26H36N2O5/c1-5-19(2)10-8-6-7-9-15-30-25-27-16-21(17-28-25)20-11-13-22(14-12-20)32-24(29)23-18-31-26(3,4)33-23/h11-14,16-17,19,23H,5-10,15,18H2,1-4H3. The number of benzene rings is 1. The van der Waals surface area contributed by atoms with Crippen molar-refractivity contribution in [2.75, 3.05) is 13.2 Å². The summed E-state index contributed by atoms with van der Waals surface area (Å²) in [6, 6.07) is 7.58. The summed E-state index contributed by atoms with van der Waals surface area (Å²) in [6.07, 6.45) is 10.1. The van der Waals surface area contributed by atoms with E-state index in [9.17, 15) is 4.79 Å². The molecule has 180 valence electrons. The number of hydrogen-bond donors (Lipinski definition) is 0. The van der Waals surface area contributed by atoms with Gasteiger partial charge in [0, 0.05) is 18.0 Å². The van der Waals surface area contributed by atoms with Crippen molar-refractivity contribution >= 4 is 5.97 Å². The van der Waals surface area contributed by atoms with E-state index in [0.717, 1.165) is 23.5 Å². The van der Waals surface area contributed by atoms with E-state index in [2.05, 4.69) is 23.8 Å². The zero-order valence-corrected chi connectivity index (χ0v) is 20.2. The molecule has 0 saturated carbocycles. The molecule has 2 atom stereocenters. The third kappa shape index (κ3) is 8.09. The van der Waals surface area contributed by atoms with Crippen molar-refractivity contribution in [1.82, 2.24) is 9.97 Å². The molecule has 2 aromatic rings. The molecule has 0 spiro atoms. The second-order valence-electron chi connectivity index (χ2n) is 9.08. The monoisotopic (exact) mass is 456 g/mol. The Kier molecular flexibility index (Phi) is 9.21. The highest BCUT2D eigenvalue weighted by Crippen LogP contribution is 2.25. The van der Waals surface area contributed by atoms with Gasteiger partial charge in [0.25, 0.3) is 0 Å². The van der Waals surface area contributed by atoms with Crippen LogP contribution in [0.15, 0.2) is 36.7 Å². The minimum Gasteiger partial charge on any atom is -0.463 e. The number of nitrogens with zero attached hydrogens (tertiary/aromatic N) is 2. The van der Waals surface area contributed by atoms with Crippen LogP contribution in [-0.4, -0.2) is 41.0 Å². The van der Waals surface area contributed by atoms with Gasteiger partial charge in [0.1, 0.15) is 5.75 Å². The highest BCUT2D eigenvalue weighted by atomic mass is 16.8. The molecule has 33 heavy (non-hydrogen) atoms. The van der Waals surface area contributed by atoms with Gasteiger partial charge in [-0.3, -0.25) is 0 Å². The Morgan fingerprint density at radius 3 is 2.42 bits per heavy atom. The van der Waals surface area contributed by atoms with Crippen LogP contribution in [0.2, 0.25) is 0 Å². The summed E-state index contributed by atoms with van der Waals surface area (Å²) in [5.41, 5.74) is 1.78. The lowest BCUT2D eigenvalue weighted by Crippen LogP contribution is -2.30. The maximum atomic E-state index is 12.2. The van der Waals surface area contributed by atoms with Crippen molar-refractivity contribution in [3.63, 3.8) is 0 Å². The van der Waals surface area contributed by atoms with Gasteiger partial charge >= 0.3 is 12.0 Å². The van der Waals surface area contributed by atoms with Gasteiger partial charge in [-0.1, -0.05) is 58.1 Å². The number of hydrogen-bond acceptors (Lipinski definition) is 7. The molecule has 1 fully saturated rings. The number of rotatable bonds is 12. The van der Waals surface area contributed by atoms with E-state index in [1.807, 2.05) is 12.1 Å². The molecule has 7 nitrogen and oxygen atoms in total. The molecule has 0 aliphatic carbocycles. The molecule has 3 rings (SSSR count). The minimum absolute atomic E-state index is 0.188.